The van der Waals surface area contributed by atoms with Crippen molar-refractivity contribution in [1.82, 2.24) is 0 Å². The summed E-state index contributed by atoms with van der Waals surface area (Å²) in [6, 6.07) is 0. The number of carbonyl (C=O) groups excluding carboxylic acids is 1. The van der Waals surface area contributed by atoms with Gasteiger partial charge in [-0.2, -0.15) is 0 Å². The van der Waals surface area contributed by atoms with Crippen LogP contribution in [0.5, 0.6) is 0 Å². The fourth-order valence-corrected chi connectivity index (χ4v) is 7.33. The van der Waals surface area contributed by atoms with Crippen LogP contribution in [0, 0.1) is 28.6 Å². The minimum Gasteiger partial charge on any atom is -0.458 e. The van der Waals surface area contributed by atoms with Gasteiger partial charge in [0.1, 0.15) is 6.10 Å². The molecule has 0 amide bonds. The molecule has 3 saturated carbocycles. The van der Waals surface area contributed by atoms with E-state index < -0.39 is 12.2 Å². The van der Waals surface area contributed by atoms with Gasteiger partial charge in [0.25, 0.3) is 0 Å². The standard InChI is InChI=1S/C29H42O4/c1-17(14-26-28(4,5)19(3)27(32)33-26)23-11-12-24-20(8-7-13-29(23,24)6)9-10-21-15-22(30)16-25(31)18(21)2/h9-10,17,22-26,30-31H,2-3,7-8,11-16H2,1,4-6H3/t17-,22-,23-,24+,25+,26-,29-/m1/s1. The highest BCUT2D eigenvalue weighted by molar-refractivity contribution is 5.91. The van der Waals surface area contributed by atoms with Gasteiger partial charge in [-0.15, -0.1) is 0 Å². The lowest BCUT2D eigenvalue weighted by molar-refractivity contribution is -0.140. The summed E-state index contributed by atoms with van der Waals surface area (Å²) in [6.07, 6.45) is 11.0. The molecule has 0 unspecified atom stereocenters. The average molecular weight is 455 g/mol. The second-order valence-corrected chi connectivity index (χ2v) is 12.0. The minimum absolute atomic E-state index is 0.0892. The molecule has 0 aromatic carbocycles. The molecule has 2 N–H and O–H groups in total. The molecule has 4 nitrogen and oxygen atoms in total. The van der Waals surface area contributed by atoms with Gasteiger partial charge in [0.15, 0.2) is 0 Å². The zero-order valence-corrected chi connectivity index (χ0v) is 20.9. The largest absolute Gasteiger partial charge is 0.458 e. The van der Waals surface area contributed by atoms with Gasteiger partial charge < -0.3 is 14.9 Å². The van der Waals surface area contributed by atoms with Crippen molar-refractivity contribution in [1.29, 1.82) is 0 Å². The quantitative estimate of drug-likeness (QED) is 0.425. The van der Waals surface area contributed by atoms with Gasteiger partial charge in [0.2, 0.25) is 0 Å². The minimum atomic E-state index is -0.642. The first kappa shape index (κ1) is 24.5. The summed E-state index contributed by atoms with van der Waals surface area (Å²) < 4.78 is 5.74. The Labute approximate surface area is 199 Å². The topological polar surface area (TPSA) is 66.8 Å². The fourth-order valence-electron chi connectivity index (χ4n) is 7.33. The van der Waals surface area contributed by atoms with Crippen LogP contribution < -0.4 is 0 Å². The van der Waals surface area contributed by atoms with E-state index >= 15 is 0 Å². The van der Waals surface area contributed by atoms with Gasteiger partial charge in [-0.05, 0) is 79.3 Å². The molecule has 0 radical (unpaired) electrons. The molecule has 4 rings (SSSR count). The number of cyclic esters (lactones) is 1. The lowest BCUT2D eigenvalue weighted by atomic mass is 9.60. The number of esters is 1. The molecule has 7 atom stereocenters. The Bertz CT molecular complexity index is 893. The van der Waals surface area contributed by atoms with Crippen molar-refractivity contribution < 1.29 is 19.7 Å². The van der Waals surface area contributed by atoms with Gasteiger partial charge >= 0.3 is 5.97 Å². The molecule has 0 aromatic rings. The van der Waals surface area contributed by atoms with Gasteiger partial charge in [0, 0.05) is 17.4 Å². The van der Waals surface area contributed by atoms with E-state index in [9.17, 15) is 15.0 Å². The van der Waals surface area contributed by atoms with Crippen molar-refractivity contribution in [2.45, 2.75) is 97.4 Å². The van der Waals surface area contributed by atoms with Crippen LogP contribution in [-0.4, -0.2) is 34.5 Å². The van der Waals surface area contributed by atoms with E-state index in [0.717, 1.165) is 24.0 Å². The van der Waals surface area contributed by atoms with Crippen LogP contribution in [0.15, 0.2) is 47.6 Å². The Morgan fingerprint density at radius 2 is 1.91 bits per heavy atom. The third-order valence-corrected chi connectivity index (χ3v) is 9.65. The van der Waals surface area contributed by atoms with Gasteiger partial charge in [-0.3, -0.25) is 0 Å². The summed E-state index contributed by atoms with van der Waals surface area (Å²) in [6.45, 7) is 17.0. The molecule has 0 aromatic heterocycles. The first-order valence-electron chi connectivity index (χ1n) is 12.8. The van der Waals surface area contributed by atoms with E-state index in [4.69, 9.17) is 4.74 Å². The predicted octanol–water partition coefficient (Wildman–Crippen LogP) is 5.66. The van der Waals surface area contributed by atoms with Gasteiger partial charge in [-0.25, -0.2) is 4.79 Å². The zero-order chi connectivity index (χ0) is 24.1. The monoisotopic (exact) mass is 454 g/mol. The smallest absolute Gasteiger partial charge is 0.334 e. The third kappa shape index (κ3) is 4.30. The van der Waals surface area contributed by atoms with Crippen LogP contribution in [-0.2, 0) is 9.53 Å². The Morgan fingerprint density at radius 1 is 1.18 bits per heavy atom. The molecule has 4 heteroatoms. The van der Waals surface area contributed by atoms with Crippen molar-refractivity contribution in [3.05, 3.63) is 47.6 Å². The van der Waals surface area contributed by atoms with Crippen LogP contribution in [0.1, 0.15) is 79.1 Å². The predicted molar refractivity (Wildman–Crippen MR) is 131 cm³/mol. The van der Waals surface area contributed by atoms with Crippen molar-refractivity contribution in [3.63, 3.8) is 0 Å². The molecule has 0 bridgehead atoms. The van der Waals surface area contributed by atoms with Crippen LogP contribution in [0.25, 0.3) is 0 Å². The molecule has 1 saturated heterocycles. The number of hydrogen-bond donors (Lipinski definition) is 2. The highest BCUT2D eigenvalue weighted by atomic mass is 16.6. The van der Waals surface area contributed by atoms with E-state index in [1.807, 2.05) is 0 Å². The number of ether oxygens (including phenoxy) is 1. The number of aliphatic hydroxyl groups excluding tert-OH is 2. The number of carbonyl (C=O) groups is 1. The second kappa shape index (κ2) is 8.85. The Balaban J connectivity index is 1.50. The van der Waals surface area contributed by atoms with Gasteiger partial charge in [-0.1, -0.05) is 58.6 Å². The molecule has 33 heavy (non-hydrogen) atoms. The Kier molecular flexibility index (Phi) is 6.56. The summed E-state index contributed by atoms with van der Waals surface area (Å²) in [4.78, 5) is 12.1. The Hall–Kier alpha value is -1.65. The third-order valence-electron chi connectivity index (χ3n) is 9.65. The summed E-state index contributed by atoms with van der Waals surface area (Å²) in [5.41, 5.74) is 3.80. The molecule has 4 aliphatic rings. The van der Waals surface area contributed by atoms with Crippen LogP contribution in [0.2, 0.25) is 0 Å². The lowest BCUT2D eigenvalue weighted by Crippen LogP contribution is -2.38. The normalized spacial score (nSPS) is 42.0. The van der Waals surface area contributed by atoms with E-state index in [2.05, 4.69) is 53.0 Å². The maximum absolute atomic E-state index is 12.1. The van der Waals surface area contributed by atoms with E-state index in [-0.39, 0.29) is 22.9 Å². The molecular formula is C29H42O4. The number of hydrogen-bond acceptors (Lipinski definition) is 4. The number of allylic oxidation sites excluding steroid dienone is 3. The van der Waals surface area contributed by atoms with E-state index in [1.54, 1.807) is 0 Å². The molecule has 1 heterocycles. The molecule has 0 spiro atoms. The molecule has 182 valence electrons. The van der Waals surface area contributed by atoms with E-state index in [0.29, 0.717) is 36.2 Å². The van der Waals surface area contributed by atoms with Crippen molar-refractivity contribution in [3.8, 4) is 0 Å². The van der Waals surface area contributed by atoms with E-state index in [1.165, 1.54) is 31.3 Å². The fraction of sp³-hybridized carbons (Fsp3) is 0.690. The summed E-state index contributed by atoms with van der Waals surface area (Å²) in [5, 5.41) is 20.3. The molecule has 4 fully saturated rings. The van der Waals surface area contributed by atoms with Crippen LogP contribution >= 0.6 is 0 Å². The number of fused-ring (bicyclic) bond motifs is 1. The second-order valence-electron chi connectivity index (χ2n) is 12.0. The maximum Gasteiger partial charge on any atom is 0.334 e. The highest BCUT2D eigenvalue weighted by Crippen LogP contribution is 2.60. The lowest BCUT2D eigenvalue weighted by Gasteiger charge is -2.45. The molecule has 3 aliphatic carbocycles. The van der Waals surface area contributed by atoms with Gasteiger partial charge in [0.05, 0.1) is 12.2 Å². The molecular weight excluding hydrogens is 412 g/mol. The van der Waals surface area contributed by atoms with Crippen LogP contribution in [0.4, 0.5) is 0 Å². The molecule has 1 aliphatic heterocycles. The SMILES string of the molecule is C=C1C(=CC=C2CCC[C@]3(C)[C@@H]([C@H](C)C[C@H]4OC(=O)C(=C)C4(C)C)CC[C@@H]23)C[C@@H](O)C[C@@H]1O. The van der Waals surface area contributed by atoms with Crippen molar-refractivity contribution in [2.24, 2.45) is 28.6 Å². The van der Waals surface area contributed by atoms with Crippen LogP contribution in [0.3, 0.4) is 0 Å². The maximum atomic E-state index is 12.1. The first-order valence-corrected chi connectivity index (χ1v) is 12.8. The number of aliphatic hydroxyl groups is 2. The number of rotatable bonds is 4. The van der Waals surface area contributed by atoms with Crippen molar-refractivity contribution in [2.75, 3.05) is 0 Å². The first-order chi connectivity index (χ1) is 15.4. The highest BCUT2D eigenvalue weighted by Gasteiger charge is 2.53. The Morgan fingerprint density at radius 3 is 2.58 bits per heavy atom. The van der Waals surface area contributed by atoms with Crippen molar-refractivity contribution >= 4 is 5.97 Å². The average Bonchev–Trinajstić information content (AvgIpc) is 3.19. The summed E-state index contributed by atoms with van der Waals surface area (Å²) >= 11 is 0. The summed E-state index contributed by atoms with van der Waals surface area (Å²) in [7, 11) is 0. The summed E-state index contributed by atoms with van der Waals surface area (Å²) in [5.74, 6) is 1.42. The zero-order valence-electron chi connectivity index (χ0n) is 20.9.